The van der Waals surface area contributed by atoms with Crippen molar-refractivity contribution in [2.45, 2.75) is 25.6 Å². The number of imide groups is 1. The Labute approximate surface area is 229 Å². The van der Waals surface area contributed by atoms with E-state index < -0.39 is 6.10 Å². The standard InChI is InChI=1S/C29H30N2O6.ClH/c32-22(17-35-16-20-7-8-25-26(13-20)37-18-36-25)15-30-11-9-19(10-12-30)14-31-28(33)23-5-1-3-21-4-2-6-24(27(21)23)29(31)34;/h1-8,13,19,22,32H,9-12,14-18H2;1H. The summed E-state index contributed by atoms with van der Waals surface area (Å²) < 4.78 is 16.4. The molecule has 3 aromatic carbocycles. The molecule has 0 saturated carbocycles. The van der Waals surface area contributed by atoms with Crippen molar-refractivity contribution in [1.82, 2.24) is 9.80 Å². The van der Waals surface area contributed by atoms with Gasteiger partial charge in [0.15, 0.2) is 11.5 Å². The number of rotatable bonds is 8. The first-order valence-corrected chi connectivity index (χ1v) is 12.8. The van der Waals surface area contributed by atoms with Crippen molar-refractivity contribution in [3.8, 4) is 11.5 Å². The van der Waals surface area contributed by atoms with E-state index in [0.717, 1.165) is 53.8 Å². The van der Waals surface area contributed by atoms with Gasteiger partial charge in [-0.2, -0.15) is 0 Å². The summed E-state index contributed by atoms with van der Waals surface area (Å²) in [5.74, 6) is 1.30. The zero-order chi connectivity index (χ0) is 25.4. The van der Waals surface area contributed by atoms with Crippen LogP contribution in [0.2, 0.25) is 0 Å². The Balaban J connectivity index is 0.00000176. The zero-order valence-electron chi connectivity index (χ0n) is 22.0. The van der Waals surface area contributed by atoms with Gasteiger partial charge in [0.2, 0.25) is 6.79 Å². The van der Waals surface area contributed by atoms with Gasteiger partial charge in [0, 0.05) is 29.6 Å². The molecule has 1 N–H and O–H groups in total. The molecule has 0 aliphatic carbocycles. The normalized spacial score (nSPS) is 18.1. The molecule has 38 heavy (non-hydrogen) atoms. The van der Waals surface area contributed by atoms with Crippen LogP contribution in [0.1, 0.15) is 40.5 Å². The predicted molar refractivity (Wildman–Crippen MR) is 138 cm³/mol. The Morgan fingerprint density at radius 2 is 1.66 bits per heavy atom. The molecule has 3 aliphatic rings. The molecule has 1 atom stereocenters. The molecule has 2 amide bonds. The van der Waals surface area contributed by atoms with Crippen LogP contribution in [0.25, 0.3) is 10.8 Å². The van der Waals surface area contributed by atoms with Crippen LogP contribution in [0.3, 0.4) is 0 Å². The number of piperidine rings is 1. The molecule has 8 nitrogen and oxygen atoms in total. The van der Waals surface area contributed by atoms with Crippen LogP contribution >= 0.6 is 0 Å². The van der Waals surface area contributed by atoms with Gasteiger partial charge in [-0.05, 0) is 67.1 Å². The number of hydrogen-bond donors (Lipinski definition) is 1. The molecule has 6 rings (SSSR count). The van der Waals surface area contributed by atoms with Crippen LogP contribution < -0.4 is 21.9 Å². The highest BCUT2D eigenvalue weighted by Gasteiger charge is 2.35. The first-order chi connectivity index (χ1) is 18.1. The zero-order valence-corrected chi connectivity index (χ0v) is 21.7. The number of aliphatic hydroxyl groups excluding tert-OH is 1. The van der Waals surface area contributed by atoms with Gasteiger partial charge in [-0.3, -0.25) is 14.5 Å². The molecule has 3 aliphatic heterocycles. The molecule has 1 saturated heterocycles. The Morgan fingerprint density at radius 1 is 0.974 bits per heavy atom. The Kier molecular flexibility index (Phi) is 7.85. The first-order valence-electron chi connectivity index (χ1n) is 12.8. The number of aliphatic hydroxyl groups is 1. The van der Waals surface area contributed by atoms with E-state index in [0.29, 0.717) is 30.8 Å². The Hall–Kier alpha value is -3.17. The fourth-order valence-electron chi connectivity index (χ4n) is 5.55. The van der Waals surface area contributed by atoms with E-state index in [1.807, 2.05) is 54.6 Å². The van der Waals surface area contributed by atoms with E-state index in [-0.39, 0.29) is 45.0 Å². The lowest BCUT2D eigenvalue weighted by Crippen LogP contribution is -3.00. The first kappa shape index (κ1) is 26.4. The molecule has 0 spiro atoms. The van der Waals surface area contributed by atoms with Crippen LogP contribution in [-0.2, 0) is 11.3 Å². The second-order valence-electron chi connectivity index (χ2n) is 10.0. The number of hydrogen-bond acceptors (Lipinski definition) is 7. The average molecular weight is 539 g/mol. The summed E-state index contributed by atoms with van der Waals surface area (Å²) in [4.78, 5) is 30.0. The second kappa shape index (κ2) is 11.3. The van der Waals surface area contributed by atoms with E-state index in [4.69, 9.17) is 14.2 Å². The number of likely N-dealkylation sites (tertiary alicyclic amines) is 1. The average Bonchev–Trinajstić information content (AvgIpc) is 3.39. The Bertz CT molecular complexity index is 1300. The fourth-order valence-corrected chi connectivity index (χ4v) is 5.55. The van der Waals surface area contributed by atoms with E-state index >= 15 is 0 Å². The smallest absolute Gasteiger partial charge is 1.00 e. The summed E-state index contributed by atoms with van der Waals surface area (Å²) in [5, 5.41) is 12.2. The molecule has 0 bridgehead atoms. The van der Waals surface area contributed by atoms with Crippen LogP contribution in [0.4, 0.5) is 0 Å². The van der Waals surface area contributed by atoms with E-state index in [9.17, 15) is 14.7 Å². The summed E-state index contributed by atoms with van der Waals surface area (Å²) in [6, 6.07) is 16.9. The quantitative estimate of drug-likeness (QED) is 0.420. The third kappa shape index (κ3) is 5.22. The van der Waals surface area contributed by atoms with Crippen LogP contribution in [0, 0.1) is 5.92 Å². The van der Waals surface area contributed by atoms with E-state index in [1.165, 1.54) is 4.90 Å². The van der Waals surface area contributed by atoms with Gasteiger partial charge in [0.1, 0.15) is 0 Å². The highest BCUT2D eigenvalue weighted by Crippen LogP contribution is 2.33. The van der Waals surface area contributed by atoms with Gasteiger partial charge < -0.3 is 36.6 Å². The molecule has 200 valence electrons. The van der Waals surface area contributed by atoms with Gasteiger partial charge in [0.05, 0.1) is 19.3 Å². The van der Waals surface area contributed by atoms with Crippen molar-refractivity contribution in [2.24, 2.45) is 5.92 Å². The van der Waals surface area contributed by atoms with Crippen molar-refractivity contribution in [2.75, 3.05) is 39.6 Å². The van der Waals surface area contributed by atoms with Gasteiger partial charge in [-0.25, -0.2) is 0 Å². The summed E-state index contributed by atoms with van der Waals surface area (Å²) in [6.45, 7) is 3.46. The topological polar surface area (TPSA) is 88.5 Å². The molecule has 0 aromatic heterocycles. The Morgan fingerprint density at radius 3 is 2.37 bits per heavy atom. The summed E-state index contributed by atoms with van der Waals surface area (Å²) in [5.41, 5.74) is 2.18. The van der Waals surface area contributed by atoms with E-state index in [1.54, 1.807) is 0 Å². The predicted octanol–water partition coefficient (Wildman–Crippen LogP) is 0.571. The lowest BCUT2D eigenvalue weighted by Gasteiger charge is -2.36. The molecule has 9 heteroatoms. The third-order valence-corrected chi connectivity index (χ3v) is 7.49. The number of nitrogens with zero attached hydrogens (tertiary/aromatic N) is 2. The lowest BCUT2D eigenvalue weighted by molar-refractivity contribution is -0.0000637. The minimum atomic E-state index is -0.590. The third-order valence-electron chi connectivity index (χ3n) is 7.49. The number of benzene rings is 3. The molecular weight excluding hydrogens is 508 g/mol. The fraction of sp³-hybridized carbons (Fsp3) is 0.379. The molecular formula is C29H31ClN2O6. The lowest BCUT2D eigenvalue weighted by atomic mass is 9.91. The molecule has 1 fully saturated rings. The maximum atomic E-state index is 13.2. The number of carbonyl (C=O) groups excluding carboxylic acids is 2. The van der Waals surface area contributed by atoms with Gasteiger partial charge in [0.25, 0.3) is 11.8 Å². The number of β-amino-alcohol motifs (C(OH)–C–C–N with tert-alkyl or cyclic N) is 1. The summed E-state index contributed by atoms with van der Waals surface area (Å²) in [6.07, 6.45) is 1.15. The maximum absolute atomic E-state index is 13.2. The highest BCUT2D eigenvalue weighted by atomic mass is 35.5. The number of ether oxygens (including phenoxy) is 3. The van der Waals surface area contributed by atoms with Crippen molar-refractivity contribution >= 4 is 22.6 Å². The summed E-state index contributed by atoms with van der Waals surface area (Å²) >= 11 is 0. The highest BCUT2D eigenvalue weighted by molar-refractivity contribution is 6.25. The van der Waals surface area contributed by atoms with E-state index in [2.05, 4.69) is 4.90 Å². The summed E-state index contributed by atoms with van der Waals surface area (Å²) in [7, 11) is 0. The van der Waals surface area contributed by atoms with Crippen molar-refractivity contribution < 1.29 is 42.7 Å². The molecule has 0 radical (unpaired) electrons. The second-order valence-corrected chi connectivity index (χ2v) is 10.0. The van der Waals surface area contributed by atoms with Gasteiger partial charge in [-0.15, -0.1) is 0 Å². The van der Waals surface area contributed by atoms with Crippen LogP contribution in [0.5, 0.6) is 11.5 Å². The van der Waals surface area contributed by atoms with Crippen molar-refractivity contribution in [3.05, 3.63) is 71.3 Å². The monoisotopic (exact) mass is 538 g/mol. The SMILES string of the molecule is O=C1c2cccc3cccc(c23)C(=O)N1CC1CCN(CC(O)COCc2ccc3c(c2)OCO3)CC1.[Cl-].[H+]. The molecule has 1 unspecified atom stereocenters. The number of halogens is 1. The van der Waals surface area contributed by atoms with Crippen LogP contribution in [-0.4, -0.2) is 72.4 Å². The van der Waals surface area contributed by atoms with Gasteiger partial charge >= 0.3 is 1.43 Å². The maximum Gasteiger partial charge on any atom is 1.00 e. The molecule has 3 aromatic rings. The number of fused-ring (bicyclic) bond motifs is 1. The number of carbonyl (C=O) groups is 2. The van der Waals surface area contributed by atoms with Crippen molar-refractivity contribution in [3.63, 3.8) is 0 Å². The number of amides is 2. The minimum Gasteiger partial charge on any atom is -1.00 e. The minimum absolute atomic E-state index is 0. The van der Waals surface area contributed by atoms with Gasteiger partial charge in [-0.1, -0.05) is 30.3 Å². The van der Waals surface area contributed by atoms with Crippen molar-refractivity contribution in [1.29, 1.82) is 0 Å². The van der Waals surface area contributed by atoms with Crippen LogP contribution in [0.15, 0.2) is 54.6 Å². The largest absolute Gasteiger partial charge is 1.00 e. The molecule has 3 heterocycles.